The molecule has 2 aromatic heterocycles. The summed E-state index contributed by atoms with van der Waals surface area (Å²) in [6, 6.07) is 10.8. The lowest BCUT2D eigenvalue weighted by atomic mass is 10.1. The fourth-order valence-electron chi connectivity index (χ4n) is 2.71. The maximum atomic E-state index is 4.22. The zero-order valence-electron chi connectivity index (χ0n) is 12.0. The molecule has 3 aromatic rings. The summed E-state index contributed by atoms with van der Waals surface area (Å²) < 4.78 is 4.26. The number of rotatable bonds is 5. The molecule has 0 radical (unpaired) electrons. The van der Waals surface area contributed by atoms with E-state index < -0.39 is 0 Å². The largest absolute Gasteiger partial charge is 0.347 e. The summed E-state index contributed by atoms with van der Waals surface area (Å²) in [7, 11) is 3.98. The lowest BCUT2D eigenvalue weighted by Crippen LogP contribution is -2.06. The molecule has 0 aliphatic rings. The maximum Gasteiger partial charge on any atom is 0.0492 e. The molecule has 3 rings (SSSR count). The Kier molecular flexibility index (Phi) is 3.56. The van der Waals surface area contributed by atoms with Crippen LogP contribution in [0, 0.1) is 0 Å². The van der Waals surface area contributed by atoms with Gasteiger partial charge in [-0.25, -0.2) is 0 Å². The van der Waals surface area contributed by atoms with Gasteiger partial charge in [0.05, 0.1) is 0 Å². The third-order valence-corrected chi connectivity index (χ3v) is 3.80. The van der Waals surface area contributed by atoms with Crippen LogP contribution in [0.5, 0.6) is 0 Å². The van der Waals surface area contributed by atoms with Gasteiger partial charge in [-0.1, -0.05) is 12.1 Å². The lowest BCUT2D eigenvalue weighted by Gasteiger charge is -2.07. The van der Waals surface area contributed by atoms with Crippen molar-refractivity contribution in [1.82, 2.24) is 19.7 Å². The van der Waals surface area contributed by atoms with Gasteiger partial charge in [0.1, 0.15) is 0 Å². The van der Waals surface area contributed by atoms with E-state index in [2.05, 4.69) is 51.5 Å². The second-order valence-corrected chi connectivity index (χ2v) is 5.09. The van der Waals surface area contributed by atoms with Crippen molar-refractivity contribution < 1.29 is 0 Å². The Bertz CT molecular complexity index is 708. The number of aryl methyl sites for hydroxylation is 3. The van der Waals surface area contributed by atoms with Crippen LogP contribution >= 0.6 is 0 Å². The number of hydrogen-bond donors (Lipinski definition) is 1. The van der Waals surface area contributed by atoms with E-state index in [9.17, 15) is 0 Å². The standard InChI is InChI=1S/C16H20N4/c1-17-12-13-4-3-5-16-15(13)8-11-20(16)10-7-14-6-9-18-19(14)2/h3-6,8-9,11,17H,7,10,12H2,1-2H3. The molecule has 1 aromatic carbocycles. The van der Waals surface area contributed by atoms with Crippen LogP contribution in [0.15, 0.2) is 42.7 Å². The molecule has 2 heterocycles. The van der Waals surface area contributed by atoms with Gasteiger partial charge in [0.15, 0.2) is 0 Å². The topological polar surface area (TPSA) is 34.8 Å². The van der Waals surface area contributed by atoms with Crippen LogP contribution in [-0.4, -0.2) is 21.4 Å². The molecule has 0 spiro atoms. The van der Waals surface area contributed by atoms with Gasteiger partial charge in [-0.15, -0.1) is 0 Å². The van der Waals surface area contributed by atoms with Crippen molar-refractivity contribution in [3.8, 4) is 0 Å². The molecular formula is C16H20N4. The summed E-state index contributed by atoms with van der Waals surface area (Å²) in [5.74, 6) is 0. The van der Waals surface area contributed by atoms with Crippen LogP contribution in [0.2, 0.25) is 0 Å². The number of aromatic nitrogens is 3. The normalized spacial score (nSPS) is 11.3. The Hall–Kier alpha value is -2.07. The third-order valence-electron chi connectivity index (χ3n) is 3.80. The summed E-state index contributed by atoms with van der Waals surface area (Å²) in [4.78, 5) is 0. The van der Waals surface area contributed by atoms with Gasteiger partial charge in [0.2, 0.25) is 0 Å². The van der Waals surface area contributed by atoms with Crippen molar-refractivity contribution >= 4 is 10.9 Å². The molecule has 0 amide bonds. The molecule has 104 valence electrons. The average molecular weight is 268 g/mol. The summed E-state index contributed by atoms with van der Waals surface area (Å²) in [6.07, 6.45) is 5.03. The van der Waals surface area contributed by atoms with Crippen molar-refractivity contribution in [1.29, 1.82) is 0 Å². The summed E-state index contributed by atoms with van der Waals surface area (Å²) >= 11 is 0. The molecule has 0 saturated heterocycles. The van der Waals surface area contributed by atoms with Crippen LogP contribution < -0.4 is 5.32 Å². The molecule has 0 atom stereocenters. The molecule has 0 aliphatic heterocycles. The molecule has 20 heavy (non-hydrogen) atoms. The monoisotopic (exact) mass is 268 g/mol. The number of hydrogen-bond acceptors (Lipinski definition) is 2. The first-order chi connectivity index (χ1) is 9.79. The van der Waals surface area contributed by atoms with Crippen molar-refractivity contribution in [2.24, 2.45) is 7.05 Å². The number of nitrogens with one attached hydrogen (secondary N) is 1. The van der Waals surface area contributed by atoms with E-state index in [0.29, 0.717) is 0 Å². The van der Waals surface area contributed by atoms with Crippen molar-refractivity contribution in [2.45, 2.75) is 19.5 Å². The average Bonchev–Trinajstić information content (AvgIpc) is 3.04. The maximum absolute atomic E-state index is 4.22. The van der Waals surface area contributed by atoms with Gasteiger partial charge in [-0.05, 0) is 30.8 Å². The van der Waals surface area contributed by atoms with Gasteiger partial charge in [0, 0.05) is 55.5 Å². The van der Waals surface area contributed by atoms with Crippen LogP contribution in [0.4, 0.5) is 0 Å². The highest BCUT2D eigenvalue weighted by molar-refractivity contribution is 5.83. The minimum absolute atomic E-state index is 0.906. The predicted molar refractivity (Wildman–Crippen MR) is 81.6 cm³/mol. The van der Waals surface area contributed by atoms with Gasteiger partial charge in [0.25, 0.3) is 0 Å². The minimum atomic E-state index is 0.906. The highest BCUT2D eigenvalue weighted by atomic mass is 15.3. The van der Waals surface area contributed by atoms with Gasteiger partial charge < -0.3 is 9.88 Å². The second kappa shape index (κ2) is 5.51. The molecule has 0 fully saturated rings. The van der Waals surface area contributed by atoms with Crippen LogP contribution in [0.25, 0.3) is 10.9 Å². The molecular weight excluding hydrogens is 248 g/mol. The fraction of sp³-hybridized carbons (Fsp3) is 0.312. The van der Waals surface area contributed by atoms with E-state index in [1.54, 1.807) is 0 Å². The number of fused-ring (bicyclic) bond motifs is 1. The van der Waals surface area contributed by atoms with E-state index in [1.165, 1.54) is 22.2 Å². The molecule has 4 nitrogen and oxygen atoms in total. The Morgan fingerprint density at radius 3 is 2.85 bits per heavy atom. The van der Waals surface area contributed by atoms with E-state index in [1.807, 2.05) is 25.0 Å². The van der Waals surface area contributed by atoms with E-state index >= 15 is 0 Å². The molecule has 0 saturated carbocycles. The first kappa shape index (κ1) is 12.9. The first-order valence-electron chi connectivity index (χ1n) is 6.98. The first-order valence-corrected chi connectivity index (χ1v) is 6.98. The van der Waals surface area contributed by atoms with E-state index in [0.717, 1.165) is 19.5 Å². The van der Waals surface area contributed by atoms with Gasteiger partial charge in [-0.2, -0.15) is 5.10 Å². The zero-order chi connectivity index (χ0) is 13.9. The van der Waals surface area contributed by atoms with Crippen LogP contribution in [0.1, 0.15) is 11.3 Å². The number of nitrogens with zero attached hydrogens (tertiary/aromatic N) is 3. The number of benzene rings is 1. The molecule has 4 heteroatoms. The van der Waals surface area contributed by atoms with Crippen molar-refractivity contribution in [2.75, 3.05) is 7.05 Å². The Morgan fingerprint density at radius 1 is 1.20 bits per heavy atom. The second-order valence-electron chi connectivity index (χ2n) is 5.09. The fourth-order valence-corrected chi connectivity index (χ4v) is 2.71. The van der Waals surface area contributed by atoms with Gasteiger partial charge in [-0.3, -0.25) is 4.68 Å². The quantitative estimate of drug-likeness (QED) is 0.771. The molecule has 0 bridgehead atoms. The molecule has 1 N–H and O–H groups in total. The summed E-state index contributed by atoms with van der Waals surface area (Å²) in [6.45, 7) is 1.88. The minimum Gasteiger partial charge on any atom is -0.347 e. The lowest BCUT2D eigenvalue weighted by molar-refractivity contribution is 0.649. The van der Waals surface area contributed by atoms with Crippen LogP contribution in [0.3, 0.4) is 0 Å². The Morgan fingerprint density at radius 2 is 2.10 bits per heavy atom. The molecule has 0 aliphatic carbocycles. The zero-order valence-corrected chi connectivity index (χ0v) is 12.0. The predicted octanol–water partition coefficient (Wildman–Crippen LogP) is 2.34. The van der Waals surface area contributed by atoms with E-state index in [-0.39, 0.29) is 0 Å². The van der Waals surface area contributed by atoms with Gasteiger partial charge >= 0.3 is 0 Å². The Labute approximate surface area is 119 Å². The SMILES string of the molecule is CNCc1cccc2c1ccn2CCc1ccnn1C. The Balaban J connectivity index is 1.85. The summed E-state index contributed by atoms with van der Waals surface area (Å²) in [5, 5.41) is 8.78. The van der Waals surface area contributed by atoms with Crippen molar-refractivity contribution in [3.63, 3.8) is 0 Å². The highest BCUT2D eigenvalue weighted by Crippen LogP contribution is 2.20. The van der Waals surface area contributed by atoms with Crippen LogP contribution in [-0.2, 0) is 26.6 Å². The highest BCUT2D eigenvalue weighted by Gasteiger charge is 2.06. The smallest absolute Gasteiger partial charge is 0.0492 e. The van der Waals surface area contributed by atoms with E-state index in [4.69, 9.17) is 0 Å². The van der Waals surface area contributed by atoms with Crippen molar-refractivity contribution in [3.05, 3.63) is 54.0 Å². The third kappa shape index (κ3) is 2.34. The molecule has 0 unspecified atom stereocenters. The summed E-state index contributed by atoms with van der Waals surface area (Å²) in [5.41, 5.74) is 3.92.